The second-order valence-electron chi connectivity index (χ2n) is 5.96. The third-order valence-electron chi connectivity index (χ3n) is 3.31. The molecule has 0 saturated heterocycles. The molecule has 1 amide bonds. The summed E-state index contributed by atoms with van der Waals surface area (Å²) in [5.74, 6) is 0.872. The lowest BCUT2D eigenvalue weighted by Gasteiger charge is -2.14. The molecule has 0 aliphatic heterocycles. The van der Waals surface area contributed by atoms with Crippen molar-refractivity contribution in [2.24, 2.45) is 5.92 Å². The van der Waals surface area contributed by atoms with E-state index in [0.717, 1.165) is 17.9 Å². The Bertz CT molecular complexity index is 381. The number of benzene rings is 1. The second kappa shape index (κ2) is 7.98. The molecule has 0 bridgehead atoms. The van der Waals surface area contributed by atoms with Gasteiger partial charge in [0.05, 0.1) is 6.42 Å². The molecule has 1 rings (SSSR count). The maximum absolute atomic E-state index is 11.9. The molecule has 1 aromatic carbocycles. The number of hydrogen-bond acceptors (Lipinski definition) is 1. The van der Waals surface area contributed by atoms with E-state index in [0.29, 0.717) is 6.42 Å². The first-order valence-electron chi connectivity index (χ1n) is 7.32. The van der Waals surface area contributed by atoms with Crippen molar-refractivity contribution >= 4 is 5.91 Å². The van der Waals surface area contributed by atoms with Gasteiger partial charge < -0.3 is 5.32 Å². The lowest BCUT2D eigenvalue weighted by Crippen LogP contribution is -2.33. The highest BCUT2D eigenvalue weighted by atomic mass is 16.1. The summed E-state index contributed by atoms with van der Waals surface area (Å²) in [6.45, 7) is 8.62. The van der Waals surface area contributed by atoms with Crippen LogP contribution in [0.15, 0.2) is 24.3 Å². The van der Waals surface area contributed by atoms with E-state index in [9.17, 15) is 4.79 Å². The monoisotopic (exact) mass is 261 g/mol. The molecular formula is C17H27NO. The Kier molecular flexibility index (Phi) is 6.61. The fourth-order valence-corrected chi connectivity index (χ4v) is 2.12. The Morgan fingerprint density at radius 1 is 1.11 bits per heavy atom. The largest absolute Gasteiger partial charge is 0.353 e. The lowest BCUT2D eigenvalue weighted by atomic mass is 10.0. The van der Waals surface area contributed by atoms with Gasteiger partial charge in [-0.2, -0.15) is 0 Å². The van der Waals surface area contributed by atoms with Crippen LogP contribution in [0.25, 0.3) is 0 Å². The van der Waals surface area contributed by atoms with E-state index in [1.165, 1.54) is 18.4 Å². The van der Waals surface area contributed by atoms with Gasteiger partial charge >= 0.3 is 0 Å². The zero-order valence-corrected chi connectivity index (χ0v) is 12.7. The number of hydrogen-bond donors (Lipinski definition) is 1. The molecule has 2 heteroatoms. The van der Waals surface area contributed by atoms with E-state index in [2.05, 4.69) is 45.1 Å². The minimum Gasteiger partial charge on any atom is -0.353 e. The summed E-state index contributed by atoms with van der Waals surface area (Å²) in [6, 6.07) is 8.43. The average molecular weight is 261 g/mol. The Balaban J connectivity index is 2.28. The summed E-state index contributed by atoms with van der Waals surface area (Å²) in [5.41, 5.74) is 2.31. The van der Waals surface area contributed by atoms with E-state index in [1.807, 2.05) is 12.1 Å². The summed E-state index contributed by atoms with van der Waals surface area (Å²) in [5, 5.41) is 3.08. The summed E-state index contributed by atoms with van der Waals surface area (Å²) in [6.07, 6.45) is 3.97. The van der Waals surface area contributed by atoms with Gasteiger partial charge in [-0.3, -0.25) is 4.79 Å². The van der Waals surface area contributed by atoms with Crippen LogP contribution in [0.4, 0.5) is 0 Å². The van der Waals surface area contributed by atoms with Crippen molar-refractivity contribution in [2.45, 2.75) is 59.4 Å². The first-order valence-corrected chi connectivity index (χ1v) is 7.32. The first kappa shape index (κ1) is 15.7. The Morgan fingerprint density at radius 3 is 2.32 bits per heavy atom. The molecule has 2 nitrogen and oxygen atoms in total. The highest BCUT2D eigenvalue weighted by Crippen LogP contribution is 2.09. The van der Waals surface area contributed by atoms with E-state index >= 15 is 0 Å². The predicted molar refractivity (Wildman–Crippen MR) is 81.2 cm³/mol. The highest BCUT2D eigenvalue weighted by Gasteiger charge is 2.08. The highest BCUT2D eigenvalue weighted by molar-refractivity contribution is 5.78. The number of aryl methyl sites for hydroxylation is 1. The molecule has 1 atom stereocenters. The van der Waals surface area contributed by atoms with E-state index in [4.69, 9.17) is 0 Å². The standard InChI is InChI=1S/C17H27NO/c1-13(2)6-5-7-15(4)18-17(19)12-16-10-8-14(3)9-11-16/h8-11,13,15H,5-7,12H2,1-4H3,(H,18,19)/t15-/m0/s1. The van der Waals surface area contributed by atoms with Gasteiger partial charge in [-0.1, -0.05) is 56.5 Å². The van der Waals surface area contributed by atoms with Gasteiger partial charge in [0.25, 0.3) is 0 Å². The predicted octanol–water partition coefficient (Wildman–Crippen LogP) is 3.87. The van der Waals surface area contributed by atoms with Crippen LogP contribution in [0.2, 0.25) is 0 Å². The van der Waals surface area contributed by atoms with Crippen LogP contribution in [0.1, 0.15) is 51.2 Å². The van der Waals surface area contributed by atoms with Crippen molar-refractivity contribution in [2.75, 3.05) is 0 Å². The second-order valence-corrected chi connectivity index (χ2v) is 5.96. The van der Waals surface area contributed by atoms with Crippen molar-refractivity contribution in [3.05, 3.63) is 35.4 Å². The van der Waals surface area contributed by atoms with Gasteiger partial charge in [0.1, 0.15) is 0 Å². The van der Waals surface area contributed by atoms with E-state index in [1.54, 1.807) is 0 Å². The minimum atomic E-state index is 0.126. The Labute approximate surface area is 117 Å². The maximum Gasteiger partial charge on any atom is 0.224 e. The van der Waals surface area contributed by atoms with E-state index in [-0.39, 0.29) is 11.9 Å². The summed E-state index contributed by atoms with van der Waals surface area (Å²) in [4.78, 5) is 11.9. The molecule has 0 saturated carbocycles. The average Bonchev–Trinajstić information content (AvgIpc) is 2.31. The fraction of sp³-hybridized carbons (Fsp3) is 0.588. The van der Waals surface area contributed by atoms with Crippen LogP contribution < -0.4 is 5.32 Å². The molecule has 1 aromatic rings. The normalized spacial score (nSPS) is 12.5. The number of rotatable bonds is 7. The molecular weight excluding hydrogens is 234 g/mol. The molecule has 0 fully saturated rings. The number of nitrogens with one attached hydrogen (secondary N) is 1. The Morgan fingerprint density at radius 2 is 1.74 bits per heavy atom. The third-order valence-corrected chi connectivity index (χ3v) is 3.31. The lowest BCUT2D eigenvalue weighted by molar-refractivity contribution is -0.121. The SMILES string of the molecule is Cc1ccc(CC(=O)N[C@@H](C)CCCC(C)C)cc1. The topological polar surface area (TPSA) is 29.1 Å². The smallest absolute Gasteiger partial charge is 0.224 e. The molecule has 0 aliphatic rings. The van der Waals surface area contributed by atoms with Crippen molar-refractivity contribution in [3.63, 3.8) is 0 Å². The molecule has 19 heavy (non-hydrogen) atoms. The van der Waals surface area contributed by atoms with Crippen molar-refractivity contribution in [1.29, 1.82) is 0 Å². The molecule has 0 spiro atoms. The summed E-state index contributed by atoms with van der Waals surface area (Å²) < 4.78 is 0. The zero-order chi connectivity index (χ0) is 14.3. The van der Waals surface area contributed by atoms with Crippen LogP contribution in [-0.2, 0) is 11.2 Å². The molecule has 0 aliphatic carbocycles. The van der Waals surface area contributed by atoms with Crippen molar-refractivity contribution in [3.8, 4) is 0 Å². The quantitative estimate of drug-likeness (QED) is 0.793. The zero-order valence-electron chi connectivity index (χ0n) is 12.7. The van der Waals surface area contributed by atoms with Gasteiger partial charge in [-0.25, -0.2) is 0 Å². The molecule has 0 unspecified atom stereocenters. The van der Waals surface area contributed by atoms with Crippen LogP contribution in [-0.4, -0.2) is 11.9 Å². The third kappa shape index (κ3) is 7.00. The maximum atomic E-state index is 11.9. The fourth-order valence-electron chi connectivity index (χ4n) is 2.12. The summed E-state index contributed by atoms with van der Waals surface area (Å²) in [7, 11) is 0. The van der Waals surface area contributed by atoms with Gasteiger partial charge in [-0.05, 0) is 31.7 Å². The molecule has 1 N–H and O–H groups in total. The van der Waals surface area contributed by atoms with Crippen LogP contribution in [0.3, 0.4) is 0 Å². The van der Waals surface area contributed by atoms with Gasteiger partial charge in [-0.15, -0.1) is 0 Å². The first-order chi connectivity index (χ1) is 8.97. The van der Waals surface area contributed by atoms with Crippen LogP contribution in [0, 0.1) is 12.8 Å². The Hall–Kier alpha value is -1.31. The van der Waals surface area contributed by atoms with E-state index < -0.39 is 0 Å². The molecule has 0 aromatic heterocycles. The number of carbonyl (C=O) groups excluding carboxylic acids is 1. The van der Waals surface area contributed by atoms with Gasteiger partial charge in [0.2, 0.25) is 5.91 Å². The van der Waals surface area contributed by atoms with Crippen LogP contribution >= 0.6 is 0 Å². The molecule has 106 valence electrons. The van der Waals surface area contributed by atoms with Gasteiger partial charge in [0.15, 0.2) is 0 Å². The van der Waals surface area contributed by atoms with Crippen molar-refractivity contribution < 1.29 is 4.79 Å². The van der Waals surface area contributed by atoms with Crippen molar-refractivity contribution in [1.82, 2.24) is 5.32 Å². The molecule has 0 radical (unpaired) electrons. The van der Waals surface area contributed by atoms with Crippen LogP contribution in [0.5, 0.6) is 0 Å². The van der Waals surface area contributed by atoms with Gasteiger partial charge in [0, 0.05) is 6.04 Å². The molecule has 0 heterocycles. The number of amides is 1. The minimum absolute atomic E-state index is 0.126. The number of carbonyl (C=O) groups is 1. The summed E-state index contributed by atoms with van der Waals surface area (Å²) >= 11 is 0.